The van der Waals surface area contributed by atoms with Crippen molar-refractivity contribution < 1.29 is 4.42 Å². The molecule has 5 rings (SSSR count). The minimum atomic E-state index is 0.443. The third-order valence-electron chi connectivity index (χ3n) is 6.14. The van der Waals surface area contributed by atoms with Gasteiger partial charge in [0.1, 0.15) is 5.58 Å². The molecule has 0 radical (unpaired) electrons. The van der Waals surface area contributed by atoms with Gasteiger partial charge in [0.05, 0.1) is 11.4 Å². The molecule has 0 aliphatic heterocycles. The summed E-state index contributed by atoms with van der Waals surface area (Å²) in [5, 5.41) is 2.10. The van der Waals surface area contributed by atoms with Crippen LogP contribution in [0.4, 0.5) is 0 Å². The number of fused-ring (bicyclic) bond motifs is 3. The highest BCUT2D eigenvalue weighted by Crippen LogP contribution is 2.37. The molecule has 0 fully saturated rings. The first kappa shape index (κ1) is 19.5. The normalized spacial score (nSPS) is 11.7. The first-order valence-electron chi connectivity index (χ1n) is 10.8. The number of aryl methyl sites for hydroxylation is 3. The van der Waals surface area contributed by atoms with E-state index in [0.717, 1.165) is 33.3 Å². The Kier molecular flexibility index (Phi) is 4.62. The molecule has 5 aromatic rings. The first-order valence-corrected chi connectivity index (χ1v) is 10.8. The first-order chi connectivity index (χ1) is 14.9. The lowest BCUT2D eigenvalue weighted by molar-refractivity contribution is 0.655. The van der Waals surface area contributed by atoms with E-state index >= 15 is 0 Å². The van der Waals surface area contributed by atoms with Crippen LogP contribution in [0, 0.1) is 20.8 Å². The molecule has 0 saturated carbocycles. The van der Waals surface area contributed by atoms with Crippen LogP contribution in [0.3, 0.4) is 0 Å². The van der Waals surface area contributed by atoms with Gasteiger partial charge < -0.3 is 4.42 Å². The van der Waals surface area contributed by atoms with Crippen LogP contribution in [0.15, 0.2) is 65.2 Å². The lowest BCUT2D eigenvalue weighted by Crippen LogP contribution is -1.95. The van der Waals surface area contributed by atoms with Gasteiger partial charge in [0.15, 0.2) is 0 Å². The maximum absolute atomic E-state index is 6.36. The molecule has 0 atom stereocenters. The Hall–Kier alpha value is -3.46. The van der Waals surface area contributed by atoms with E-state index < -0.39 is 0 Å². The van der Waals surface area contributed by atoms with Crippen molar-refractivity contribution in [2.24, 2.45) is 0 Å². The topological polar surface area (TPSA) is 38.9 Å². The highest BCUT2D eigenvalue weighted by Gasteiger charge is 2.17. The molecule has 3 aromatic heterocycles. The number of para-hydroxylation sites is 1. The Morgan fingerprint density at radius 3 is 2.26 bits per heavy atom. The van der Waals surface area contributed by atoms with Gasteiger partial charge in [-0.3, -0.25) is 4.98 Å². The molecule has 31 heavy (non-hydrogen) atoms. The van der Waals surface area contributed by atoms with Crippen molar-refractivity contribution in [1.29, 1.82) is 0 Å². The van der Waals surface area contributed by atoms with E-state index in [4.69, 9.17) is 14.4 Å². The second-order valence-electron chi connectivity index (χ2n) is 8.68. The summed E-state index contributed by atoms with van der Waals surface area (Å²) in [5.74, 6) is 0.443. The number of rotatable bonds is 3. The molecule has 3 heterocycles. The number of aromatic nitrogens is 2. The van der Waals surface area contributed by atoms with E-state index in [1.54, 1.807) is 0 Å². The number of hydrogen-bond donors (Lipinski definition) is 0. The molecule has 0 bridgehead atoms. The Balaban J connectivity index is 1.72. The second-order valence-corrected chi connectivity index (χ2v) is 8.68. The van der Waals surface area contributed by atoms with Crippen LogP contribution in [0.25, 0.3) is 44.6 Å². The van der Waals surface area contributed by atoms with E-state index in [0.29, 0.717) is 11.6 Å². The SMILES string of the molecule is Cc1cnc(-c2cccc3c2oc2nc(-c4c(C)cccc4C)ccc23)cc1C(C)C. The van der Waals surface area contributed by atoms with Crippen molar-refractivity contribution in [3.63, 3.8) is 0 Å². The number of furan rings is 1. The van der Waals surface area contributed by atoms with E-state index in [1.165, 1.54) is 27.8 Å². The number of hydrogen-bond acceptors (Lipinski definition) is 3. The molecule has 0 N–H and O–H groups in total. The predicted octanol–water partition coefficient (Wildman–Crippen LogP) is 7.76. The van der Waals surface area contributed by atoms with E-state index in [2.05, 4.69) is 89.2 Å². The smallest absolute Gasteiger partial charge is 0.227 e. The summed E-state index contributed by atoms with van der Waals surface area (Å²) >= 11 is 0. The minimum Gasteiger partial charge on any atom is -0.437 e. The molecular formula is C28H26N2O. The lowest BCUT2D eigenvalue weighted by atomic mass is 9.97. The Labute approximate surface area is 182 Å². The Morgan fingerprint density at radius 2 is 1.52 bits per heavy atom. The van der Waals surface area contributed by atoms with Crippen LogP contribution in [-0.2, 0) is 0 Å². The third kappa shape index (κ3) is 3.21. The fraction of sp³-hybridized carbons (Fsp3) is 0.214. The van der Waals surface area contributed by atoms with Crippen molar-refractivity contribution in [1.82, 2.24) is 9.97 Å². The van der Waals surface area contributed by atoms with Crippen LogP contribution >= 0.6 is 0 Å². The van der Waals surface area contributed by atoms with Crippen LogP contribution in [0.2, 0.25) is 0 Å². The molecule has 0 saturated heterocycles. The monoisotopic (exact) mass is 406 g/mol. The van der Waals surface area contributed by atoms with Gasteiger partial charge in [0.2, 0.25) is 5.71 Å². The van der Waals surface area contributed by atoms with Crippen LogP contribution in [0.5, 0.6) is 0 Å². The average molecular weight is 407 g/mol. The lowest BCUT2D eigenvalue weighted by Gasteiger charge is -2.11. The summed E-state index contributed by atoms with van der Waals surface area (Å²) in [6.45, 7) is 10.8. The molecule has 0 spiro atoms. The van der Waals surface area contributed by atoms with Gasteiger partial charge in [-0.25, -0.2) is 4.98 Å². The predicted molar refractivity (Wildman–Crippen MR) is 128 cm³/mol. The zero-order chi connectivity index (χ0) is 21.7. The maximum Gasteiger partial charge on any atom is 0.227 e. The van der Waals surface area contributed by atoms with E-state index in [-0.39, 0.29) is 0 Å². The van der Waals surface area contributed by atoms with Gasteiger partial charge in [-0.15, -0.1) is 0 Å². The fourth-order valence-electron chi connectivity index (χ4n) is 4.55. The zero-order valence-corrected chi connectivity index (χ0v) is 18.7. The fourth-order valence-corrected chi connectivity index (χ4v) is 4.55. The van der Waals surface area contributed by atoms with Crippen molar-refractivity contribution >= 4 is 22.1 Å². The molecule has 2 aromatic carbocycles. The van der Waals surface area contributed by atoms with Gasteiger partial charge >= 0.3 is 0 Å². The summed E-state index contributed by atoms with van der Waals surface area (Å²) in [6, 6.07) is 19.0. The largest absolute Gasteiger partial charge is 0.437 e. The number of nitrogens with zero attached hydrogens (tertiary/aromatic N) is 2. The summed E-state index contributed by atoms with van der Waals surface area (Å²) < 4.78 is 6.36. The van der Waals surface area contributed by atoms with Crippen molar-refractivity contribution in [3.8, 4) is 22.5 Å². The molecule has 3 heteroatoms. The molecule has 0 unspecified atom stereocenters. The summed E-state index contributed by atoms with van der Waals surface area (Å²) in [7, 11) is 0. The second kappa shape index (κ2) is 7.35. The molecule has 0 amide bonds. The summed E-state index contributed by atoms with van der Waals surface area (Å²) in [5.41, 5.74) is 10.5. The minimum absolute atomic E-state index is 0.443. The van der Waals surface area contributed by atoms with Gasteiger partial charge in [-0.05, 0) is 73.2 Å². The van der Waals surface area contributed by atoms with Crippen molar-refractivity contribution in [2.75, 3.05) is 0 Å². The van der Waals surface area contributed by atoms with E-state index in [1.807, 2.05) is 6.20 Å². The standard InChI is InChI=1S/C28H26N2O/c1-16(2)23-14-25(29-15-19(23)5)22-11-7-10-20-21-12-13-24(30-28(21)31-27(20)22)26-17(3)8-6-9-18(26)4/h6-16H,1-5H3. The number of pyridine rings is 2. The van der Waals surface area contributed by atoms with Gasteiger partial charge in [-0.2, -0.15) is 0 Å². The zero-order valence-electron chi connectivity index (χ0n) is 18.7. The van der Waals surface area contributed by atoms with E-state index in [9.17, 15) is 0 Å². The average Bonchev–Trinajstić information content (AvgIpc) is 3.12. The van der Waals surface area contributed by atoms with Crippen LogP contribution in [0.1, 0.15) is 42.0 Å². The van der Waals surface area contributed by atoms with Crippen LogP contribution < -0.4 is 0 Å². The quantitative estimate of drug-likeness (QED) is 0.307. The summed E-state index contributed by atoms with van der Waals surface area (Å²) in [6.07, 6.45) is 1.96. The maximum atomic E-state index is 6.36. The molecular weight excluding hydrogens is 380 g/mol. The van der Waals surface area contributed by atoms with Gasteiger partial charge in [-0.1, -0.05) is 44.2 Å². The molecule has 154 valence electrons. The molecule has 0 aliphatic carbocycles. The van der Waals surface area contributed by atoms with Crippen molar-refractivity contribution in [3.05, 3.63) is 83.0 Å². The molecule has 0 aliphatic rings. The number of benzene rings is 2. The highest BCUT2D eigenvalue weighted by atomic mass is 16.3. The highest BCUT2D eigenvalue weighted by molar-refractivity contribution is 6.08. The van der Waals surface area contributed by atoms with Gasteiger partial charge in [0.25, 0.3) is 0 Å². The van der Waals surface area contributed by atoms with Crippen molar-refractivity contribution in [2.45, 2.75) is 40.5 Å². The third-order valence-corrected chi connectivity index (χ3v) is 6.14. The Bertz CT molecular complexity index is 1420. The summed E-state index contributed by atoms with van der Waals surface area (Å²) in [4.78, 5) is 9.63. The van der Waals surface area contributed by atoms with Crippen LogP contribution in [-0.4, -0.2) is 9.97 Å². The van der Waals surface area contributed by atoms with Gasteiger partial charge in [0, 0.05) is 28.1 Å². The Morgan fingerprint density at radius 1 is 0.774 bits per heavy atom. The molecule has 3 nitrogen and oxygen atoms in total.